The van der Waals surface area contributed by atoms with E-state index >= 15 is 0 Å². The molecule has 0 aliphatic heterocycles. The summed E-state index contributed by atoms with van der Waals surface area (Å²) in [5.74, 6) is -0.806. The topological polar surface area (TPSA) is 96.8 Å². The fourth-order valence-corrected chi connectivity index (χ4v) is 1.72. The van der Waals surface area contributed by atoms with Crippen molar-refractivity contribution in [1.29, 1.82) is 0 Å². The molecule has 20 heavy (non-hydrogen) atoms. The van der Waals surface area contributed by atoms with E-state index in [1.807, 2.05) is 13.8 Å². The second kappa shape index (κ2) is 14.6. The summed E-state index contributed by atoms with van der Waals surface area (Å²) in [6.45, 7) is 9.50. The molecule has 0 aliphatic rings. The molecule has 0 spiro atoms. The van der Waals surface area contributed by atoms with Crippen LogP contribution < -0.4 is 0 Å². The molecule has 6 heteroatoms. The van der Waals surface area contributed by atoms with Gasteiger partial charge in [-0.1, -0.05) is 13.8 Å². The molecule has 0 aromatic carbocycles. The minimum absolute atomic E-state index is 0. The van der Waals surface area contributed by atoms with Crippen LogP contribution >= 0.6 is 0 Å². The van der Waals surface area contributed by atoms with Crippen LogP contribution in [0.15, 0.2) is 0 Å². The van der Waals surface area contributed by atoms with Gasteiger partial charge in [-0.25, -0.2) is 0 Å². The number of rotatable bonds is 6. The third-order valence-corrected chi connectivity index (χ3v) is 2.78. The van der Waals surface area contributed by atoms with Crippen LogP contribution in [0, 0.1) is 11.8 Å². The molecule has 0 saturated carbocycles. The van der Waals surface area contributed by atoms with Gasteiger partial charge in [0.1, 0.15) is 23.1 Å². The molecule has 0 N–H and O–H groups in total. The molecular formula is C14H24O5V+2. The Hall–Kier alpha value is -0.776. The van der Waals surface area contributed by atoms with Gasteiger partial charge in [0, 0.05) is 0 Å². The Morgan fingerprint density at radius 3 is 0.800 bits per heavy atom. The van der Waals surface area contributed by atoms with Crippen LogP contribution in [0.25, 0.3) is 0 Å². The zero-order chi connectivity index (χ0) is 14.9. The minimum atomic E-state index is -0.356. The monoisotopic (exact) mass is 323 g/mol. The van der Waals surface area contributed by atoms with Gasteiger partial charge in [-0.15, -0.1) is 0 Å². The first-order valence-electron chi connectivity index (χ1n) is 6.20. The van der Waals surface area contributed by atoms with Crippen LogP contribution in [0.1, 0.15) is 54.4 Å². The van der Waals surface area contributed by atoms with E-state index < -0.39 is 0 Å². The van der Waals surface area contributed by atoms with Crippen molar-refractivity contribution < 1.29 is 43.2 Å². The molecule has 0 heterocycles. The van der Waals surface area contributed by atoms with Gasteiger partial charge in [0.2, 0.25) is 0 Å². The molecule has 0 aromatic rings. The summed E-state index contributed by atoms with van der Waals surface area (Å²) in [6.07, 6.45) is 1.26. The van der Waals surface area contributed by atoms with Crippen molar-refractivity contribution in [1.82, 2.24) is 0 Å². The van der Waals surface area contributed by atoms with Gasteiger partial charge >= 0.3 is 18.6 Å². The molecule has 0 saturated heterocycles. The summed E-state index contributed by atoms with van der Waals surface area (Å²) in [6, 6.07) is 0. The van der Waals surface area contributed by atoms with E-state index in [1.165, 1.54) is 27.7 Å². The summed E-state index contributed by atoms with van der Waals surface area (Å²) in [5, 5.41) is 0. The Morgan fingerprint density at radius 1 is 0.650 bits per heavy atom. The first-order valence-corrected chi connectivity index (χ1v) is 6.20. The van der Waals surface area contributed by atoms with Crippen LogP contribution in [0.4, 0.5) is 0 Å². The van der Waals surface area contributed by atoms with Crippen molar-refractivity contribution in [3.05, 3.63) is 0 Å². The van der Waals surface area contributed by atoms with Crippen molar-refractivity contribution in [3.8, 4) is 0 Å². The van der Waals surface area contributed by atoms with E-state index in [-0.39, 0.29) is 59.0 Å². The number of carbonyl (C=O) groups is 4. The molecule has 5 nitrogen and oxygen atoms in total. The van der Waals surface area contributed by atoms with Crippen LogP contribution in [-0.4, -0.2) is 23.1 Å². The number of hydrogen-bond acceptors (Lipinski definition) is 4. The van der Waals surface area contributed by atoms with Gasteiger partial charge < -0.3 is 5.48 Å². The van der Waals surface area contributed by atoms with E-state index in [0.29, 0.717) is 12.8 Å². The van der Waals surface area contributed by atoms with Gasteiger partial charge in [-0.05, 0) is 40.5 Å². The zero-order valence-corrected chi connectivity index (χ0v) is 14.5. The average molecular weight is 323 g/mol. The predicted molar refractivity (Wildman–Crippen MR) is 71.0 cm³/mol. The minimum Gasteiger partial charge on any atom is -2.00 e. The normalized spacial score (nSPS) is 8.80. The third-order valence-electron chi connectivity index (χ3n) is 2.78. The fourth-order valence-electron chi connectivity index (χ4n) is 1.72. The van der Waals surface area contributed by atoms with Crippen LogP contribution in [0.3, 0.4) is 0 Å². The van der Waals surface area contributed by atoms with Gasteiger partial charge in [0.15, 0.2) is 0 Å². The van der Waals surface area contributed by atoms with E-state index in [9.17, 15) is 19.2 Å². The van der Waals surface area contributed by atoms with E-state index in [2.05, 4.69) is 0 Å². The summed E-state index contributed by atoms with van der Waals surface area (Å²) in [4.78, 5) is 42.4. The summed E-state index contributed by atoms with van der Waals surface area (Å²) < 4.78 is 0. The fraction of sp³-hybridized carbons (Fsp3) is 0.714. The van der Waals surface area contributed by atoms with Gasteiger partial charge in [0.25, 0.3) is 0 Å². The molecule has 1 radical (unpaired) electrons. The molecule has 0 aliphatic carbocycles. The predicted octanol–water partition coefficient (Wildman–Crippen LogP) is 2.26. The Labute approximate surface area is 133 Å². The van der Waals surface area contributed by atoms with Crippen molar-refractivity contribution in [2.75, 3.05) is 0 Å². The molecule has 0 bridgehead atoms. The molecule has 0 rings (SSSR count). The molecule has 0 aromatic heterocycles. The second-order valence-electron chi connectivity index (χ2n) is 4.36. The van der Waals surface area contributed by atoms with Crippen LogP contribution in [-0.2, 0) is 43.2 Å². The van der Waals surface area contributed by atoms with Crippen molar-refractivity contribution >= 4 is 23.1 Å². The molecule has 0 amide bonds. The maximum atomic E-state index is 10.6. The Kier molecular flexibility index (Phi) is 20.2. The van der Waals surface area contributed by atoms with Crippen LogP contribution in [0.5, 0.6) is 0 Å². The number of hydrogen-bond donors (Lipinski definition) is 0. The van der Waals surface area contributed by atoms with Crippen molar-refractivity contribution in [3.63, 3.8) is 0 Å². The Balaban J connectivity index is -0.000000116. The molecule has 0 fully saturated rings. The molecule has 0 unspecified atom stereocenters. The van der Waals surface area contributed by atoms with E-state index in [0.717, 1.165) is 0 Å². The summed E-state index contributed by atoms with van der Waals surface area (Å²) in [5.41, 5.74) is 0. The van der Waals surface area contributed by atoms with Crippen molar-refractivity contribution in [2.45, 2.75) is 54.4 Å². The molecule has 113 valence electrons. The van der Waals surface area contributed by atoms with Crippen molar-refractivity contribution in [2.24, 2.45) is 11.8 Å². The maximum Gasteiger partial charge on any atom is 4.00 e. The quantitative estimate of drug-likeness (QED) is 0.700. The number of ketones is 4. The van der Waals surface area contributed by atoms with Crippen LogP contribution in [0.2, 0.25) is 0 Å². The van der Waals surface area contributed by atoms with Gasteiger partial charge in [0.05, 0.1) is 11.8 Å². The van der Waals surface area contributed by atoms with Gasteiger partial charge in [-0.3, -0.25) is 19.2 Å². The zero-order valence-electron chi connectivity index (χ0n) is 13.1. The third kappa shape index (κ3) is 12.3. The Bertz CT molecular complexity index is 266. The second-order valence-corrected chi connectivity index (χ2v) is 4.36. The first kappa shape index (κ1) is 27.5. The van der Waals surface area contributed by atoms with E-state index in [4.69, 9.17) is 0 Å². The Morgan fingerprint density at radius 2 is 0.800 bits per heavy atom. The smallest absolute Gasteiger partial charge is 2.00 e. The first-order chi connectivity index (χ1) is 8.18. The molecular weight excluding hydrogens is 299 g/mol. The van der Waals surface area contributed by atoms with Gasteiger partial charge in [-0.2, -0.15) is 0 Å². The van der Waals surface area contributed by atoms with E-state index in [1.54, 1.807) is 0 Å². The SMILES string of the molecule is CCC(C(C)=O)C(C)=O.CCC(C(C)=O)C(C)=O.[O-2].[V+4]. The maximum absolute atomic E-state index is 10.6. The average Bonchev–Trinajstić information content (AvgIpc) is 2.17. The standard InChI is InChI=1S/2C7H12O2.O.V/c2*1-4-7(5(2)8)6(3)9;;/h2*7H,4H2,1-3H3;;/q;;-2;+4. The summed E-state index contributed by atoms with van der Waals surface area (Å²) >= 11 is 0. The summed E-state index contributed by atoms with van der Waals surface area (Å²) in [7, 11) is 0. The number of Topliss-reactive ketones (excluding diaryl/α,β-unsaturated/α-hetero) is 4. The largest absolute Gasteiger partial charge is 4.00 e. The number of carbonyl (C=O) groups excluding carboxylic acids is 4. The molecule has 0 atom stereocenters.